The molecule has 156 valence electrons. The molecular weight excluding hydrogens is 384 g/mol. The molecule has 0 amide bonds. The van der Waals surface area contributed by atoms with E-state index in [0.717, 1.165) is 16.7 Å². The van der Waals surface area contributed by atoms with Crippen LogP contribution in [0.5, 0.6) is 5.75 Å². The highest BCUT2D eigenvalue weighted by atomic mass is 16.4. The van der Waals surface area contributed by atoms with Crippen molar-refractivity contribution in [1.29, 1.82) is 0 Å². The minimum atomic E-state index is -0.912. The van der Waals surface area contributed by atoms with Crippen molar-refractivity contribution in [1.82, 2.24) is 9.78 Å². The molecule has 2 aromatic carbocycles. The van der Waals surface area contributed by atoms with E-state index in [1.807, 2.05) is 38.1 Å². The number of aliphatic carboxylic acids is 1. The number of aromatic nitrogens is 2. The van der Waals surface area contributed by atoms with Gasteiger partial charge >= 0.3 is 5.97 Å². The zero-order valence-electron chi connectivity index (χ0n) is 17.1. The molecule has 30 heavy (non-hydrogen) atoms. The first kappa shape index (κ1) is 21.0. The predicted octanol–water partition coefficient (Wildman–Crippen LogP) is 4.75. The number of carbonyl (C=O) groups is 1. The molecule has 0 atom stereocenters. The van der Waals surface area contributed by atoms with Gasteiger partial charge in [-0.1, -0.05) is 30.3 Å². The number of aromatic amines is 1. The zero-order chi connectivity index (χ0) is 21.8. The van der Waals surface area contributed by atoms with Crippen molar-refractivity contribution >= 4 is 17.3 Å². The Kier molecular flexibility index (Phi) is 6.15. The van der Waals surface area contributed by atoms with Crippen LogP contribution in [-0.2, 0) is 11.3 Å². The average molecular weight is 408 g/mol. The van der Waals surface area contributed by atoms with E-state index in [0.29, 0.717) is 17.7 Å². The van der Waals surface area contributed by atoms with Gasteiger partial charge in [0.05, 0.1) is 5.69 Å². The second kappa shape index (κ2) is 8.77. The Labute approximate surface area is 173 Å². The van der Waals surface area contributed by atoms with Gasteiger partial charge in [-0.05, 0) is 49.9 Å². The smallest absolute Gasteiger partial charge is 0.303 e. The Morgan fingerprint density at radius 1 is 1.07 bits per heavy atom. The number of hydrogen-bond donors (Lipinski definition) is 3. The number of carboxylic acid groups (broad SMARTS) is 1. The van der Waals surface area contributed by atoms with Crippen molar-refractivity contribution in [3.63, 3.8) is 0 Å². The summed E-state index contributed by atoms with van der Waals surface area (Å²) in [6.45, 7) is 5.89. The van der Waals surface area contributed by atoms with Gasteiger partial charge in [-0.15, -0.1) is 10.2 Å². The normalized spacial score (nSPS) is 11.3. The SMILES string of the molecule is Cc1cccc(C)c1-c1cccc(N=Nc2c(C)[nH]n(CCCC(=O)O)c2=O)c1O. The fourth-order valence-electron chi connectivity index (χ4n) is 3.41. The lowest BCUT2D eigenvalue weighted by atomic mass is 9.95. The highest BCUT2D eigenvalue weighted by molar-refractivity contribution is 5.80. The van der Waals surface area contributed by atoms with E-state index < -0.39 is 5.97 Å². The highest BCUT2D eigenvalue weighted by Gasteiger charge is 2.14. The van der Waals surface area contributed by atoms with E-state index in [-0.39, 0.29) is 35.6 Å². The first-order chi connectivity index (χ1) is 14.3. The molecule has 0 spiro atoms. The van der Waals surface area contributed by atoms with E-state index in [2.05, 4.69) is 15.3 Å². The highest BCUT2D eigenvalue weighted by Crippen LogP contribution is 2.40. The number of aromatic hydroxyl groups is 1. The average Bonchev–Trinajstić information content (AvgIpc) is 2.95. The van der Waals surface area contributed by atoms with Crippen LogP contribution in [0.4, 0.5) is 11.4 Å². The maximum atomic E-state index is 12.5. The summed E-state index contributed by atoms with van der Waals surface area (Å²) in [7, 11) is 0. The Hall–Kier alpha value is -3.68. The number of nitrogens with one attached hydrogen (secondary N) is 1. The Morgan fingerprint density at radius 3 is 2.40 bits per heavy atom. The molecule has 8 nitrogen and oxygen atoms in total. The summed E-state index contributed by atoms with van der Waals surface area (Å²) < 4.78 is 1.32. The number of benzene rings is 2. The van der Waals surface area contributed by atoms with Crippen LogP contribution in [-0.4, -0.2) is 26.0 Å². The molecule has 8 heteroatoms. The van der Waals surface area contributed by atoms with Crippen molar-refractivity contribution < 1.29 is 15.0 Å². The van der Waals surface area contributed by atoms with Gasteiger partial charge in [-0.3, -0.25) is 19.4 Å². The van der Waals surface area contributed by atoms with Crippen LogP contribution in [0.25, 0.3) is 11.1 Å². The van der Waals surface area contributed by atoms with Gasteiger partial charge in [0.25, 0.3) is 5.56 Å². The lowest BCUT2D eigenvalue weighted by molar-refractivity contribution is -0.137. The number of azo groups is 1. The molecule has 3 N–H and O–H groups in total. The molecule has 0 saturated carbocycles. The minimum absolute atomic E-state index is 0.00591. The molecule has 0 aliphatic heterocycles. The second-order valence-electron chi connectivity index (χ2n) is 7.18. The topological polar surface area (TPSA) is 120 Å². The molecule has 0 aliphatic rings. The maximum Gasteiger partial charge on any atom is 0.303 e. The molecule has 1 aromatic heterocycles. The molecule has 0 bridgehead atoms. The third-order valence-electron chi connectivity index (χ3n) is 4.90. The van der Waals surface area contributed by atoms with Crippen LogP contribution in [0.3, 0.4) is 0 Å². The third kappa shape index (κ3) is 4.32. The molecule has 1 heterocycles. The first-order valence-electron chi connectivity index (χ1n) is 9.61. The van der Waals surface area contributed by atoms with Gasteiger partial charge in [-0.25, -0.2) is 0 Å². The summed E-state index contributed by atoms with van der Waals surface area (Å²) in [5.74, 6) is -0.917. The Balaban J connectivity index is 1.92. The van der Waals surface area contributed by atoms with Crippen LogP contribution in [0.1, 0.15) is 29.7 Å². The van der Waals surface area contributed by atoms with Crippen LogP contribution < -0.4 is 5.56 Å². The number of aryl methyl sites for hydroxylation is 4. The molecule has 0 unspecified atom stereocenters. The summed E-state index contributed by atoms with van der Waals surface area (Å²) in [5, 5.41) is 30.6. The molecule has 3 aromatic rings. The number of phenolic OH excluding ortho intramolecular Hbond substituents is 1. The Bertz CT molecular complexity index is 1150. The maximum absolute atomic E-state index is 12.5. The lowest BCUT2D eigenvalue weighted by Gasteiger charge is -2.12. The van der Waals surface area contributed by atoms with E-state index in [4.69, 9.17) is 5.11 Å². The number of para-hydroxylation sites is 1. The number of phenols is 1. The van der Waals surface area contributed by atoms with Gasteiger partial charge < -0.3 is 10.2 Å². The number of nitrogens with zero attached hydrogens (tertiary/aromatic N) is 3. The quantitative estimate of drug-likeness (QED) is 0.488. The fourth-order valence-corrected chi connectivity index (χ4v) is 3.41. The summed E-state index contributed by atoms with van der Waals surface area (Å²) in [6, 6.07) is 11.1. The molecule has 0 fully saturated rings. The number of rotatable bonds is 7. The zero-order valence-corrected chi connectivity index (χ0v) is 17.1. The van der Waals surface area contributed by atoms with E-state index in [1.165, 1.54) is 4.68 Å². The molecule has 0 aliphatic carbocycles. The van der Waals surface area contributed by atoms with Gasteiger partial charge in [0.15, 0.2) is 11.4 Å². The van der Waals surface area contributed by atoms with Crippen molar-refractivity contribution in [3.8, 4) is 16.9 Å². The summed E-state index contributed by atoms with van der Waals surface area (Å²) >= 11 is 0. The summed E-state index contributed by atoms with van der Waals surface area (Å²) in [5.41, 5.74) is 4.17. The predicted molar refractivity (Wildman–Crippen MR) is 114 cm³/mol. The standard InChI is InChI=1S/C22H24N4O4/c1-13-7-4-8-14(2)19(13)16-9-5-10-17(21(16)29)23-24-20-15(3)25-26(22(20)30)12-6-11-18(27)28/h4-5,7-10,25,29H,6,11-12H2,1-3H3,(H,27,28). The minimum Gasteiger partial charge on any atom is -0.505 e. The molecular formula is C22H24N4O4. The molecule has 3 rings (SSSR count). The van der Waals surface area contributed by atoms with E-state index in [1.54, 1.807) is 19.1 Å². The van der Waals surface area contributed by atoms with Crippen LogP contribution in [0.15, 0.2) is 51.4 Å². The van der Waals surface area contributed by atoms with Gasteiger partial charge in [0.1, 0.15) is 5.69 Å². The van der Waals surface area contributed by atoms with Crippen molar-refractivity contribution in [2.24, 2.45) is 10.2 Å². The van der Waals surface area contributed by atoms with Crippen molar-refractivity contribution in [3.05, 3.63) is 63.6 Å². The molecule has 0 saturated heterocycles. The van der Waals surface area contributed by atoms with E-state index >= 15 is 0 Å². The van der Waals surface area contributed by atoms with Gasteiger partial charge in [0, 0.05) is 18.5 Å². The van der Waals surface area contributed by atoms with Crippen molar-refractivity contribution in [2.75, 3.05) is 0 Å². The number of hydrogen-bond acceptors (Lipinski definition) is 5. The Morgan fingerprint density at radius 2 is 1.73 bits per heavy atom. The monoisotopic (exact) mass is 408 g/mol. The van der Waals surface area contributed by atoms with Crippen molar-refractivity contribution in [2.45, 2.75) is 40.2 Å². The first-order valence-corrected chi connectivity index (χ1v) is 9.61. The van der Waals surface area contributed by atoms with Crippen LogP contribution in [0, 0.1) is 20.8 Å². The third-order valence-corrected chi connectivity index (χ3v) is 4.90. The summed E-state index contributed by atoms with van der Waals surface area (Å²) in [4.78, 5) is 23.2. The largest absolute Gasteiger partial charge is 0.505 e. The number of H-pyrrole nitrogens is 1. The summed E-state index contributed by atoms with van der Waals surface area (Å²) in [6.07, 6.45) is 0.296. The van der Waals surface area contributed by atoms with Gasteiger partial charge in [0.2, 0.25) is 0 Å². The molecule has 0 radical (unpaired) electrons. The van der Waals surface area contributed by atoms with Crippen LogP contribution >= 0.6 is 0 Å². The van der Waals surface area contributed by atoms with Gasteiger partial charge in [-0.2, -0.15) is 0 Å². The number of carboxylic acids is 1. The lowest BCUT2D eigenvalue weighted by Crippen LogP contribution is -2.17. The van der Waals surface area contributed by atoms with E-state index in [9.17, 15) is 14.7 Å². The second-order valence-corrected chi connectivity index (χ2v) is 7.18. The fraction of sp³-hybridized carbons (Fsp3) is 0.273. The van der Waals surface area contributed by atoms with Crippen LogP contribution in [0.2, 0.25) is 0 Å².